The maximum absolute atomic E-state index is 12.5. The van der Waals surface area contributed by atoms with Gasteiger partial charge in [0.2, 0.25) is 5.91 Å². The Labute approximate surface area is 146 Å². The summed E-state index contributed by atoms with van der Waals surface area (Å²) < 4.78 is 4.68. The Morgan fingerprint density at radius 2 is 1.52 bits per heavy atom. The molecule has 0 unspecified atom stereocenters. The minimum absolute atomic E-state index is 0.199. The van der Waals surface area contributed by atoms with Crippen LogP contribution in [-0.4, -0.2) is 24.9 Å². The molecule has 0 atom stereocenters. The summed E-state index contributed by atoms with van der Waals surface area (Å²) in [7, 11) is 1.32. The van der Waals surface area contributed by atoms with E-state index in [1.54, 1.807) is 43.3 Å². The first-order chi connectivity index (χ1) is 11.8. The number of ether oxygens (including phenoxy) is 1. The van der Waals surface area contributed by atoms with E-state index < -0.39 is 5.97 Å². The molecule has 2 N–H and O–H groups in total. The van der Waals surface area contributed by atoms with E-state index >= 15 is 0 Å². The normalized spacial score (nSPS) is 10.1. The van der Waals surface area contributed by atoms with Gasteiger partial charge in [-0.25, -0.2) is 4.79 Å². The van der Waals surface area contributed by atoms with E-state index in [0.717, 1.165) is 11.1 Å². The van der Waals surface area contributed by atoms with Crippen LogP contribution in [0, 0.1) is 13.8 Å². The number of hydrogen-bond acceptors (Lipinski definition) is 4. The number of amides is 2. The average Bonchev–Trinajstić information content (AvgIpc) is 2.57. The molecule has 2 aromatic rings. The second-order valence-electron chi connectivity index (χ2n) is 5.69. The molecule has 0 aliphatic carbocycles. The molecule has 0 saturated carbocycles. The third kappa shape index (κ3) is 4.44. The van der Waals surface area contributed by atoms with Crippen molar-refractivity contribution in [3.8, 4) is 0 Å². The van der Waals surface area contributed by atoms with Gasteiger partial charge in [-0.3, -0.25) is 9.59 Å². The Kier molecular flexibility index (Phi) is 5.54. The Bertz CT molecular complexity index is 843. The SMILES string of the molecule is COC(=O)c1ccc(NC(=O)c2ccc(C)c(NC(C)=O)c2)c(C)c1. The van der Waals surface area contributed by atoms with E-state index in [1.165, 1.54) is 14.0 Å². The lowest BCUT2D eigenvalue weighted by Crippen LogP contribution is -2.15. The number of carbonyl (C=O) groups is 3. The molecule has 0 fully saturated rings. The van der Waals surface area contributed by atoms with Crippen LogP contribution in [0.5, 0.6) is 0 Å². The number of nitrogens with one attached hydrogen (secondary N) is 2. The first-order valence-corrected chi connectivity index (χ1v) is 7.70. The van der Waals surface area contributed by atoms with Crippen LogP contribution in [0.1, 0.15) is 38.8 Å². The second-order valence-corrected chi connectivity index (χ2v) is 5.69. The van der Waals surface area contributed by atoms with Crippen molar-refractivity contribution >= 4 is 29.2 Å². The number of rotatable bonds is 4. The number of aryl methyl sites for hydroxylation is 2. The predicted molar refractivity (Wildman–Crippen MR) is 96.0 cm³/mol. The molecular formula is C19H20N2O4. The van der Waals surface area contributed by atoms with Crippen molar-refractivity contribution in [2.75, 3.05) is 17.7 Å². The Morgan fingerprint density at radius 1 is 0.840 bits per heavy atom. The number of carbonyl (C=O) groups excluding carboxylic acids is 3. The highest BCUT2D eigenvalue weighted by Gasteiger charge is 2.12. The van der Waals surface area contributed by atoms with Crippen molar-refractivity contribution in [1.29, 1.82) is 0 Å². The molecule has 0 aliphatic heterocycles. The molecule has 0 heterocycles. The number of methoxy groups -OCH3 is 1. The largest absolute Gasteiger partial charge is 0.465 e. The quantitative estimate of drug-likeness (QED) is 0.836. The van der Waals surface area contributed by atoms with Crippen LogP contribution in [0.4, 0.5) is 11.4 Å². The standard InChI is InChI=1S/C19H20N2O4/c1-11-5-6-14(10-17(11)20-13(3)22)18(23)21-16-8-7-15(9-12(16)2)19(24)25-4/h5-10H,1-4H3,(H,20,22)(H,21,23). The fourth-order valence-electron chi connectivity index (χ4n) is 2.33. The summed E-state index contributed by atoms with van der Waals surface area (Å²) in [6.45, 7) is 5.06. The molecule has 2 aromatic carbocycles. The van der Waals surface area contributed by atoms with Crippen molar-refractivity contribution in [2.24, 2.45) is 0 Å². The molecule has 130 valence electrons. The van der Waals surface area contributed by atoms with Crippen LogP contribution in [0.15, 0.2) is 36.4 Å². The van der Waals surface area contributed by atoms with Crippen LogP contribution in [0.2, 0.25) is 0 Å². The van der Waals surface area contributed by atoms with Gasteiger partial charge in [-0.05, 0) is 55.3 Å². The number of anilines is 2. The van der Waals surface area contributed by atoms with Crippen molar-refractivity contribution in [1.82, 2.24) is 0 Å². The third-order valence-corrected chi connectivity index (χ3v) is 3.71. The molecule has 0 radical (unpaired) electrons. The zero-order valence-electron chi connectivity index (χ0n) is 14.6. The zero-order chi connectivity index (χ0) is 18.6. The van der Waals surface area contributed by atoms with Gasteiger partial charge in [-0.2, -0.15) is 0 Å². The zero-order valence-corrected chi connectivity index (χ0v) is 14.6. The van der Waals surface area contributed by atoms with Gasteiger partial charge in [-0.1, -0.05) is 6.07 Å². The van der Waals surface area contributed by atoms with E-state index in [9.17, 15) is 14.4 Å². The van der Waals surface area contributed by atoms with Gasteiger partial charge in [0.25, 0.3) is 5.91 Å². The minimum Gasteiger partial charge on any atom is -0.465 e. The van der Waals surface area contributed by atoms with Crippen LogP contribution in [-0.2, 0) is 9.53 Å². The van der Waals surface area contributed by atoms with Crippen molar-refractivity contribution in [3.63, 3.8) is 0 Å². The Morgan fingerprint density at radius 3 is 2.12 bits per heavy atom. The maximum atomic E-state index is 12.5. The van der Waals surface area contributed by atoms with Gasteiger partial charge < -0.3 is 15.4 Å². The van der Waals surface area contributed by atoms with E-state index in [2.05, 4.69) is 15.4 Å². The Hall–Kier alpha value is -3.15. The average molecular weight is 340 g/mol. The lowest BCUT2D eigenvalue weighted by Gasteiger charge is -2.12. The smallest absolute Gasteiger partial charge is 0.337 e. The molecule has 2 rings (SSSR count). The molecule has 25 heavy (non-hydrogen) atoms. The highest BCUT2D eigenvalue weighted by Crippen LogP contribution is 2.21. The van der Waals surface area contributed by atoms with E-state index in [1.807, 2.05) is 6.92 Å². The third-order valence-electron chi connectivity index (χ3n) is 3.71. The monoisotopic (exact) mass is 340 g/mol. The highest BCUT2D eigenvalue weighted by molar-refractivity contribution is 6.06. The molecule has 0 aliphatic rings. The van der Waals surface area contributed by atoms with Crippen LogP contribution >= 0.6 is 0 Å². The molecule has 6 heteroatoms. The fourth-order valence-corrected chi connectivity index (χ4v) is 2.33. The van der Waals surface area contributed by atoms with E-state index in [0.29, 0.717) is 22.5 Å². The summed E-state index contributed by atoms with van der Waals surface area (Å²) in [6, 6.07) is 9.99. The lowest BCUT2D eigenvalue weighted by atomic mass is 10.1. The molecule has 0 spiro atoms. The van der Waals surface area contributed by atoms with Crippen LogP contribution < -0.4 is 10.6 Å². The van der Waals surface area contributed by atoms with E-state index in [4.69, 9.17) is 0 Å². The van der Waals surface area contributed by atoms with Crippen molar-refractivity contribution in [2.45, 2.75) is 20.8 Å². The molecule has 2 amide bonds. The van der Waals surface area contributed by atoms with Gasteiger partial charge >= 0.3 is 5.97 Å². The Balaban J connectivity index is 2.22. The summed E-state index contributed by atoms with van der Waals surface area (Å²) in [5, 5.41) is 5.51. The number of esters is 1. The molecule has 0 saturated heterocycles. The number of benzene rings is 2. The van der Waals surface area contributed by atoms with Gasteiger partial charge in [0.1, 0.15) is 0 Å². The minimum atomic E-state index is -0.431. The summed E-state index contributed by atoms with van der Waals surface area (Å²) in [6.07, 6.45) is 0. The van der Waals surface area contributed by atoms with Crippen molar-refractivity contribution in [3.05, 3.63) is 58.7 Å². The van der Waals surface area contributed by atoms with Gasteiger partial charge in [0.05, 0.1) is 12.7 Å². The lowest BCUT2D eigenvalue weighted by molar-refractivity contribution is -0.114. The van der Waals surface area contributed by atoms with Crippen LogP contribution in [0.25, 0.3) is 0 Å². The second kappa shape index (κ2) is 7.61. The van der Waals surface area contributed by atoms with Gasteiger partial charge in [-0.15, -0.1) is 0 Å². The first kappa shape index (κ1) is 18.2. The van der Waals surface area contributed by atoms with Crippen LogP contribution in [0.3, 0.4) is 0 Å². The summed E-state index contributed by atoms with van der Waals surface area (Å²) in [5.74, 6) is -0.935. The molecule has 0 bridgehead atoms. The summed E-state index contributed by atoms with van der Waals surface area (Å²) in [4.78, 5) is 35.3. The van der Waals surface area contributed by atoms with Crippen molar-refractivity contribution < 1.29 is 19.1 Å². The van der Waals surface area contributed by atoms with Gasteiger partial charge in [0.15, 0.2) is 0 Å². The predicted octanol–water partition coefficient (Wildman–Crippen LogP) is 3.30. The molecule has 6 nitrogen and oxygen atoms in total. The summed E-state index contributed by atoms with van der Waals surface area (Å²) in [5.41, 5.74) is 3.64. The summed E-state index contributed by atoms with van der Waals surface area (Å²) >= 11 is 0. The first-order valence-electron chi connectivity index (χ1n) is 7.70. The highest BCUT2D eigenvalue weighted by atomic mass is 16.5. The molecule has 0 aromatic heterocycles. The topological polar surface area (TPSA) is 84.5 Å². The van der Waals surface area contributed by atoms with E-state index in [-0.39, 0.29) is 11.8 Å². The fraction of sp³-hybridized carbons (Fsp3) is 0.211. The maximum Gasteiger partial charge on any atom is 0.337 e. The van der Waals surface area contributed by atoms with Gasteiger partial charge in [0, 0.05) is 23.9 Å². The number of hydrogen-bond donors (Lipinski definition) is 2. The molecular weight excluding hydrogens is 320 g/mol.